The van der Waals surface area contributed by atoms with E-state index in [1.54, 1.807) is 0 Å². The predicted octanol–water partition coefficient (Wildman–Crippen LogP) is 3.31. The lowest BCUT2D eigenvalue weighted by molar-refractivity contribution is 0.912. The van der Waals surface area contributed by atoms with Crippen LogP contribution < -0.4 is 0 Å². The van der Waals surface area contributed by atoms with Gasteiger partial charge < -0.3 is 0 Å². The molecule has 0 unspecified atom stereocenters. The average molecular weight is 200 g/mol. The fourth-order valence-electron chi connectivity index (χ4n) is 0.609. The van der Waals surface area contributed by atoms with Gasteiger partial charge in [-0.25, -0.2) is 0 Å². The Labute approximate surface area is 86.2 Å². The summed E-state index contributed by atoms with van der Waals surface area (Å²) in [4.78, 5) is 0. The third-order valence-corrected chi connectivity index (χ3v) is 1.87. The van der Waals surface area contributed by atoms with Gasteiger partial charge in [-0.2, -0.15) is 25.3 Å². The molecular formula is C10H16S2. The van der Waals surface area contributed by atoms with Crippen LogP contribution in [0.4, 0.5) is 0 Å². The Hall–Kier alpha value is -0.0800. The van der Waals surface area contributed by atoms with Crippen molar-refractivity contribution >= 4 is 25.3 Å². The van der Waals surface area contributed by atoms with E-state index in [0.717, 1.165) is 11.5 Å². The summed E-state index contributed by atoms with van der Waals surface area (Å²) in [5.41, 5.74) is 0. The van der Waals surface area contributed by atoms with Crippen molar-refractivity contribution in [1.82, 2.24) is 0 Å². The first-order valence-corrected chi connectivity index (χ1v) is 5.40. The van der Waals surface area contributed by atoms with Crippen molar-refractivity contribution < 1.29 is 0 Å². The number of hydrogen-bond donors (Lipinski definition) is 2. The summed E-state index contributed by atoms with van der Waals surface area (Å²) in [7, 11) is 0. The summed E-state index contributed by atoms with van der Waals surface area (Å²) in [5, 5.41) is 0. The Kier molecular flexibility index (Phi) is 10.8. The molecule has 0 amide bonds. The van der Waals surface area contributed by atoms with Crippen molar-refractivity contribution in [2.75, 3.05) is 11.5 Å². The maximum atomic E-state index is 4.02. The molecular weight excluding hydrogens is 184 g/mol. The smallest absolute Gasteiger partial charge is 0.00976 e. The highest BCUT2D eigenvalue weighted by Gasteiger charge is 1.76. The molecule has 0 bridgehead atoms. The largest absolute Gasteiger partial charge is 0.179 e. The minimum atomic E-state index is 1.00. The normalized spacial score (nSPS) is 8.50. The molecule has 0 aromatic heterocycles. The van der Waals surface area contributed by atoms with Crippen molar-refractivity contribution in [2.45, 2.75) is 12.8 Å². The van der Waals surface area contributed by atoms with E-state index in [1.807, 2.05) is 36.4 Å². The second kappa shape index (κ2) is 10.9. The third-order valence-electron chi connectivity index (χ3n) is 1.23. The van der Waals surface area contributed by atoms with E-state index in [1.165, 1.54) is 12.8 Å². The summed E-state index contributed by atoms with van der Waals surface area (Å²) in [6.07, 6.45) is 2.40. The monoisotopic (exact) mass is 200 g/mol. The summed E-state index contributed by atoms with van der Waals surface area (Å²) in [6.45, 7) is 0. The molecule has 68 valence electrons. The lowest BCUT2D eigenvalue weighted by atomic mass is 10.4. The molecule has 0 aliphatic carbocycles. The van der Waals surface area contributed by atoms with Crippen LogP contribution in [0.2, 0.25) is 0 Å². The second-order valence-electron chi connectivity index (χ2n) is 2.31. The van der Waals surface area contributed by atoms with Crippen LogP contribution in [-0.2, 0) is 0 Å². The number of hydrogen-bond acceptors (Lipinski definition) is 2. The van der Waals surface area contributed by atoms with Crippen molar-refractivity contribution in [3.05, 3.63) is 36.4 Å². The molecule has 0 spiro atoms. The molecule has 1 aromatic rings. The van der Waals surface area contributed by atoms with Crippen LogP contribution in [0.1, 0.15) is 12.8 Å². The van der Waals surface area contributed by atoms with Crippen LogP contribution in [0.15, 0.2) is 36.4 Å². The van der Waals surface area contributed by atoms with Crippen molar-refractivity contribution in [1.29, 1.82) is 0 Å². The maximum Gasteiger partial charge on any atom is -0.00976 e. The van der Waals surface area contributed by atoms with Crippen LogP contribution in [0.25, 0.3) is 0 Å². The highest BCUT2D eigenvalue weighted by atomic mass is 32.1. The van der Waals surface area contributed by atoms with E-state index < -0.39 is 0 Å². The van der Waals surface area contributed by atoms with Gasteiger partial charge in [0.25, 0.3) is 0 Å². The first-order valence-electron chi connectivity index (χ1n) is 4.13. The molecule has 0 heterocycles. The number of thiol groups is 2. The standard InChI is InChI=1S/C6H6.C4H10S2/c1-2-4-6-5-3-1;5-3-1-2-4-6/h1-6H;5-6H,1-4H2. The Morgan fingerprint density at radius 1 is 0.583 bits per heavy atom. The van der Waals surface area contributed by atoms with Crippen molar-refractivity contribution in [3.63, 3.8) is 0 Å². The first kappa shape index (κ1) is 11.9. The van der Waals surface area contributed by atoms with Crippen LogP contribution in [0.5, 0.6) is 0 Å². The fourth-order valence-corrected chi connectivity index (χ4v) is 1.06. The molecule has 0 saturated heterocycles. The van der Waals surface area contributed by atoms with Gasteiger partial charge in [-0.1, -0.05) is 36.4 Å². The first-order chi connectivity index (χ1) is 5.91. The Bertz CT molecular complexity index is 120. The van der Waals surface area contributed by atoms with E-state index in [-0.39, 0.29) is 0 Å². The molecule has 0 saturated carbocycles. The fraction of sp³-hybridized carbons (Fsp3) is 0.400. The van der Waals surface area contributed by atoms with Gasteiger partial charge in [-0.3, -0.25) is 0 Å². The molecule has 1 rings (SSSR count). The van der Waals surface area contributed by atoms with Gasteiger partial charge in [0.15, 0.2) is 0 Å². The van der Waals surface area contributed by atoms with Crippen molar-refractivity contribution in [3.8, 4) is 0 Å². The van der Waals surface area contributed by atoms with Gasteiger partial charge in [0.05, 0.1) is 0 Å². The molecule has 0 radical (unpaired) electrons. The average Bonchev–Trinajstić information content (AvgIpc) is 2.18. The second-order valence-corrected chi connectivity index (χ2v) is 3.20. The number of benzene rings is 1. The summed E-state index contributed by atoms with van der Waals surface area (Å²) in [6, 6.07) is 12.0. The van der Waals surface area contributed by atoms with Crippen LogP contribution >= 0.6 is 25.3 Å². The van der Waals surface area contributed by atoms with E-state index >= 15 is 0 Å². The van der Waals surface area contributed by atoms with Crippen molar-refractivity contribution in [2.24, 2.45) is 0 Å². The predicted molar refractivity (Wildman–Crippen MR) is 63.4 cm³/mol. The topological polar surface area (TPSA) is 0 Å². The summed E-state index contributed by atoms with van der Waals surface area (Å²) < 4.78 is 0. The van der Waals surface area contributed by atoms with Gasteiger partial charge in [-0.15, -0.1) is 0 Å². The minimum Gasteiger partial charge on any atom is -0.179 e. The molecule has 0 aliphatic rings. The highest BCUT2D eigenvalue weighted by Crippen LogP contribution is 1.91. The maximum absolute atomic E-state index is 4.02. The van der Waals surface area contributed by atoms with E-state index in [2.05, 4.69) is 25.3 Å². The lowest BCUT2D eigenvalue weighted by Gasteiger charge is -1.85. The molecule has 0 nitrogen and oxygen atoms in total. The van der Waals surface area contributed by atoms with E-state index in [9.17, 15) is 0 Å². The molecule has 0 fully saturated rings. The van der Waals surface area contributed by atoms with E-state index in [4.69, 9.17) is 0 Å². The molecule has 0 N–H and O–H groups in total. The number of rotatable bonds is 3. The Morgan fingerprint density at radius 3 is 1.00 bits per heavy atom. The minimum absolute atomic E-state index is 1.00. The van der Waals surface area contributed by atoms with Gasteiger partial charge in [0.1, 0.15) is 0 Å². The SMILES string of the molecule is SCCCCS.c1ccccc1. The molecule has 0 atom stereocenters. The quantitative estimate of drug-likeness (QED) is 0.543. The van der Waals surface area contributed by atoms with Crippen LogP contribution in [-0.4, -0.2) is 11.5 Å². The zero-order chi connectivity index (χ0) is 9.07. The van der Waals surface area contributed by atoms with Gasteiger partial charge in [0, 0.05) is 0 Å². The zero-order valence-corrected chi connectivity index (χ0v) is 8.98. The Morgan fingerprint density at radius 2 is 0.833 bits per heavy atom. The van der Waals surface area contributed by atoms with Crippen LogP contribution in [0.3, 0.4) is 0 Å². The molecule has 0 aliphatic heterocycles. The van der Waals surface area contributed by atoms with Gasteiger partial charge in [0.2, 0.25) is 0 Å². The summed E-state index contributed by atoms with van der Waals surface area (Å²) >= 11 is 8.04. The van der Waals surface area contributed by atoms with Crippen LogP contribution in [0, 0.1) is 0 Å². The van der Waals surface area contributed by atoms with Gasteiger partial charge in [-0.05, 0) is 24.3 Å². The third kappa shape index (κ3) is 9.92. The Balaban J connectivity index is 0.000000202. The highest BCUT2D eigenvalue weighted by molar-refractivity contribution is 7.80. The van der Waals surface area contributed by atoms with E-state index in [0.29, 0.717) is 0 Å². The summed E-state index contributed by atoms with van der Waals surface area (Å²) in [5.74, 6) is 2.00. The van der Waals surface area contributed by atoms with Gasteiger partial charge >= 0.3 is 0 Å². The molecule has 12 heavy (non-hydrogen) atoms. The number of unbranched alkanes of at least 4 members (excludes halogenated alkanes) is 1. The molecule has 2 heteroatoms. The molecule has 1 aromatic carbocycles. The zero-order valence-electron chi connectivity index (χ0n) is 7.19. The lowest BCUT2D eigenvalue weighted by Crippen LogP contribution is -1.74.